The fraction of sp³-hybridized carbons (Fsp3) is 0.444. The molecule has 0 amide bonds. The van der Waals surface area contributed by atoms with Gasteiger partial charge in [-0.1, -0.05) is 38.1 Å². The normalized spacial score (nSPS) is 21.1. The van der Waals surface area contributed by atoms with Crippen molar-refractivity contribution in [1.29, 1.82) is 0 Å². The van der Waals surface area contributed by atoms with E-state index >= 15 is 0 Å². The highest BCUT2D eigenvalue weighted by Crippen LogP contribution is 2.44. The third-order valence-corrected chi connectivity index (χ3v) is 5.12. The minimum Gasteiger partial charge on any atom is -0.486 e. The van der Waals surface area contributed by atoms with Crippen LogP contribution in [-0.2, 0) is 0 Å². The number of ether oxygens (including phenoxy) is 1. The van der Waals surface area contributed by atoms with E-state index in [9.17, 15) is 0 Å². The molecular formula is C18H23NOS. The van der Waals surface area contributed by atoms with Crippen LogP contribution in [0.1, 0.15) is 50.2 Å². The lowest BCUT2D eigenvalue weighted by Gasteiger charge is -2.32. The van der Waals surface area contributed by atoms with Gasteiger partial charge in [-0.05, 0) is 37.3 Å². The van der Waals surface area contributed by atoms with Crippen molar-refractivity contribution < 1.29 is 4.74 Å². The monoisotopic (exact) mass is 301 g/mol. The molecule has 1 aromatic heterocycles. The second-order valence-electron chi connectivity index (χ2n) is 6.58. The first kappa shape index (κ1) is 14.6. The van der Waals surface area contributed by atoms with Gasteiger partial charge >= 0.3 is 0 Å². The molecule has 1 aliphatic rings. The van der Waals surface area contributed by atoms with E-state index in [0.29, 0.717) is 12.0 Å². The van der Waals surface area contributed by atoms with Crippen molar-refractivity contribution in [2.75, 3.05) is 0 Å². The zero-order valence-electron chi connectivity index (χ0n) is 13.1. The molecule has 2 aromatic rings. The first-order chi connectivity index (χ1) is 9.99. The Balaban J connectivity index is 1.92. The van der Waals surface area contributed by atoms with Crippen molar-refractivity contribution in [3.63, 3.8) is 0 Å². The van der Waals surface area contributed by atoms with Gasteiger partial charge in [0.15, 0.2) is 0 Å². The zero-order chi connectivity index (χ0) is 15.0. The Morgan fingerprint density at radius 2 is 1.90 bits per heavy atom. The molecule has 0 radical (unpaired) electrons. The lowest BCUT2D eigenvalue weighted by Crippen LogP contribution is -2.41. The van der Waals surface area contributed by atoms with Gasteiger partial charge in [0.2, 0.25) is 0 Å². The minimum atomic E-state index is -0.228. The quantitative estimate of drug-likeness (QED) is 0.863. The van der Waals surface area contributed by atoms with Crippen LogP contribution in [0.4, 0.5) is 0 Å². The van der Waals surface area contributed by atoms with Crippen molar-refractivity contribution >= 4 is 11.3 Å². The van der Waals surface area contributed by atoms with Gasteiger partial charge < -0.3 is 4.74 Å². The van der Waals surface area contributed by atoms with Crippen LogP contribution < -0.4 is 10.1 Å². The molecular weight excluding hydrogens is 278 g/mol. The molecule has 0 fully saturated rings. The summed E-state index contributed by atoms with van der Waals surface area (Å²) < 4.78 is 6.15. The number of hydrogen-bond donors (Lipinski definition) is 1. The van der Waals surface area contributed by atoms with Crippen molar-refractivity contribution in [3.8, 4) is 5.75 Å². The highest BCUT2D eigenvalue weighted by Gasteiger charge is 2.42. The molecule has 1 aromatic carbocycles. The van der Waals surface area contributed by atoms with Crippen molar-refractivity contribution in [2.45, 2.75) is 45.4 Å². The molecule has 2 heterocycles. The van der Waals surface area contributed by atoms with Crippen LogP contribution in [-0.4, -0.2) is 5.60 Å². The fourth-order valence-electron chi connectivity index (χ4n) is 3.07. The molecule has 0 aliphatic carbocycles. The Morgan fingerprint density at radius 3 is 2.57 bits per heavy atom. The molecule has 3 rings (SSSR count). The average Bonchev–Trinajstić information content (AvgIpc) is 3.00. The number of para-hydroxylation sites is 1. The summed E-state index contributed by atoms with van der Waals surface area (Å²) in [5.74, 6) is 1.54. The lowest BCUT2D eigenvalue weighted by molar-refractivity contribution is 0.0876. The molecule has 1 N–H and O–H groups in total. The summed E-state index contributed by atoms with van der Waals surface area (Å²) >= 11 is 1.82. The van der Waals surface area contributed by atoms with Crippen molar-refractivity contribution in [2.24, 2.45) is 5.92 Å². The number of hydrogen-bond acceptors (Lipinski definition) is 3. The summed E-state index contributed by atoms with van der Waals surface area (Å²) in [7, 11) is 0. The van der Waals surface area contributed by atoms with Gasteiger partial charge in [-0.2, -0.15) is 0 Å². The molecule has 1 aliphatic heterocycles. The van der Waals surface area contributed by atoms with Crippen LogP contribution in [0.15, 0.2) is 41.8 Å². The molecule has 112 valence electrons. The molecule has 3 heteroatoms. The second kappa shape index (κ2) is 5.47. The second-order valence-corrected chi connectivity index (χ2v) is 7.56. The van der Waals surface area contributed by atoms with E-state index < -0.39 is 0 Å². The van der Waals surface area contributed by atoms with Crippen LogP contribution in [0.25, 0.3) is 0 Å². The summed E-state index contributed by atoms with van der Waals surface area (Å²) in [4.78, 5) is 1.39. The number of fused-ring (bicyclic) bond motifs is 1. The van der Waals surface area contributed by atoms with Crippen LogP contribution in [0, 0.1) is 5.92 Å². The van der Waals surface area contributed by atoms with Crippen LogP contribution in [0.5, 0.6) is 5.75 Å². The van der Waals surface area contributed by atoms with E-state index in [0.717, 1.165) is 5.75 Å². The number of nitrogens with one attached hydrogen (secondary N) is 1. The maximum atomic E-state index is 6.15. The molecule has 0 saturated carbocycles. The Kier molecular flexibility index (Phi) is 3.80. The number of benzene rings is 1. The third-order valence-electron chi connectivity index (χ3n) is 4.16. The number of rotatable bonds is 4. The lowest BCUT2D eigenvalue weighted by atomic mass is 9.91. The Labute approximate surface area is 131 Å². The van der Waals surface area contributed by atoms with Crippen molar-refractivity contribution in [1.82, 2.24) is 5.32 Å². The van der Waals surface area contributed by atoms with E-state index in [1.807, 2.05) is 17.4 Å². The molecule has 2 nitrogen and oxygen atoms in total. The SMILES string of the molecule is CC(C)C(NC1c2ccccc2OC1(C)C)c1cccs1. The highest BCUT2D eigenvalue weighted by molar-refractivity contribution is 7.10. The zero-order valence-corrected chi connectivity index (χ0v) is 13.9. The third kappa shape index (κ3) is 2.72. The van der Waals surface area contributed by atoms with Gasteiger partial charge in [-0.3, -0.25) is 5.32 Å². The molecule has 21 heavy (non-hydrogen) atoms. The Morgan fingerprint density at radius 1 is 1.14 bits per heavy atom. The summed E-state index contributed by atoms with van der Waals surface area (Å²) in [6.45, 7) is 8.87. The Bertz CT molecular complexity index is 603. The summed E-state index contributed by atoms with van der Waals surface area (Å²) in [6.07, 6.45) is 0. The average molecular weight is 301 g/mol. The maximum absolute atomic E-state index is 6.15. The topological polar surface area (TPSA) is 21.3 Å². The van der Waals surface area contributed by atoms with E-state index in [1.165, 1.54) is 10.4 Å². The van der Waals surface area contributed by atoms with Crippen LogP contribution in [0.2, 0.25) is 0 Å². The van der Waals surface area contributed by atoms with Gasteiger partial charge in [-0.15, -0.1) is 11.3 Å². The van der Waals surface area contributed by atoms with Gasteiger partial charge in [0.1, 0.15) is 11.4 Å². The van der Waals surface area contributed by atoms with Gasteiger partial charge in [0, 0.05) is 16.5 Å². The highest BCUT2D eigenvalue weighted by atomic mass is 32.1. The van der Waals surface area contributed by atoms with Gasteiger partial charge in [0.25, 0.3) is 0 Å². The predicted molar refractivity (Wildman–Crippen MR) is 88.9 cm³/mol. The van der Waals surface area contributed by atoms with E-state index in [1.54, 1.807) is 0 Å². The largest absolute Gasteiger partial charge is 0.486 e. The minimum absolute atomic E-state index is 0.211. The van der Waals surface area contributed by atoms with Gasteiger partial charge in [0.05, 0.1) is 6.04 Å². The van der Waals surface area contributed by atoms with E-state index in [2.05, 4.69) is 68.7 Å². The molecule has 0 spiro atoms. The van der Waals surface area contributed by atoms with Gasteiger partial charge in [-0.25, -0.2) is 0 Å². The van der Waals surface area contributed by atoms with E-state index in [-0.39, 0.29) is 11.6 Å². The fourth-order valence-corrected chi connectivity index (χ4v) is 4.03. The van der Waals surface area contributed by atoms with Crippen molar-refractivity contribution in [3.05, 3.63) is 52.2 Å². The molecule has 2 atom stereocenters. The number of thiophene rings is 1. The predicted octanol–water partition coefficient (Wildman–Crippen LogP) is 4.95. The van der Waals surface area contributed by atoms with Crippen LogP contribution in [0.3, 0.4) is 0 Å². The first-order valence-corrected chi connectivity index (χ1v) is 8.44. The summed E-state index contributed by atoms with van der Waals surface area (Å²) in [5, 5.41) is 6.00. The summed E-state index contributed by atoms with van der Waals surface area (Å²) in [6, 6.07) is 13.3. The molecule has 2 unspecified atom stereocenters. The first-order valence-electron chi connectivity index (χ1n) is 7.56. The van der Waals surface area contributed by atoms with E-state index in [4.69, 9.17) is 4.74 Å². The Hall–Kier alpha value is -1.32. The molecule has 0 bridgehead atoms. The molecule has 0 saturated heterocycles. The standard InChI is InChI=1S/C18H23NOS/c1-12(2)16(15-10-7-11-21-15)19-17-13-8-5-6-9-14(13)20-18(17,3)4/h5-12,16-17,19H,1-4H3. The maximum Gasteiger partial charge on any atom is 0.125 e. The smallest absolute Gasteiger partial charge is 0.125 e. The van der Waals surface area contributed by atoms with Crippen LogP contribution >= 0.6 is 11.3 Å². The summed E-state index contributed by atoms with van der Waals surface area (Å²) in [5.41, 5.74) is 1.04.